The number of rotatable bonds is 14. The van der Waals surface area contributed by atoms with Crippen molar-refractivity contribution < 1.29 is 28.7 Å². The largest absolute Gasteiger partial charge is 0.501 e. The molecule has 2 saturated heterocycles. The Morgan fingerprint density at radius 3 is 1.94 bits per heavy atom. The van der Waals surface area contributed by atoms with Gasteiger partial charge in [0.1, 0.15) is 29.8 Å². The number of hydrogen-bond donors (Lipinski definition) is 4. The van der Waals surface area contributed by atoms with Gasteiger partial charge in [-0.3, -0.25) is 14.4 Å². The van der Waals surface area contributed by atoms with E-state index in [0.29, 0.717) is 29.0 Å². The van der Waals surface area contributed by atoms with Crippen LogP contribution in [0.1, 0.15) is 75.4 Å². The number of methoxy groups -OCH3 is 2. The predicted octanol–water partition coefficient (Wildman–Crippen LogP) is 7.91. The van der Waals surface area contributed by atoms with E-state index in [9.17, 15) is 19.2 Å². The fourth-order valence-corrected chi connectivity index (χ4v) is 9.79. The molecule has 65 heavy (non-hydrogen) atoms. The Labute approximate surface area is 378 Å². The molecule has 2 saturated carbocycles. The van der Waals surface area contributed by atoms with Crippen molar-refractivity contribution in [1.82, 2.24) is 40.4 Å². The number of H-pyrrole nitrogens is 2. The highest BCUT2D eigenvalue weighted by molar-refractivity contribution is 5.91. The SMILES string of the molecule is C=C(OC)[C@@H]1CN(C(=O)[C@@H](NC(=O)OC)C(C)C)[C@H](c2ncc(-c3ccc(-c4ccc(-c5cnc([C@@H]6C[C@H]7[C@@H](C)[C@H]7N6C(=O)[C@H](NC(=O)C6CC6)c6ccccc6)[nH]5)cc4)cc3)[nH]2)C1=C. The number of aromatic nitrogens is 4. The normalized spacial score (nSPS) is 23.1. The molecule has 4 fully saturated rings. The Morgan fingerprint density at radius 2 is 1.37 bits per heavy atom. The van der Waals surface area contributed by atoms with Crippen molar-refractivity contribution in [2.45, 2.75) is 70.2 Å². The van der Waals surface area contributed by atoms with Crippen LogP contribution in [-0.4, -0.2) is 86.4 Å². The van der Waals surface area contributed by atoms with E-state index in [1.165, 1.54) is 7.11 Å². The van der Waals surface area contributed by atoms with Crippen LogP contribution in [0.25, 0.3) is 33.6 Å². The van der Waals surface area contributed by atoms with E-state index < -0.39 is 24.2 Å². The number of carbonyl (C=O) groups is 4. The van der Waals surface area contributed by atoms with Crippen LogP contribution in [0.4, 0.5) is 4.79 Å². The van der Waals surface area contributed by atoms with Gasteiger partial charge in [0.15, 0.2) is 0 Å². The third-order valence-electron chi connectivity index (χ3n) is 13.8. The summed E-state index contributed by atoms with van der Waals surface area (Å²) >= 11 is 0. The van der Waals surface area contributed by atoms with Gasteiger partial charge in [-0.2, -0.15) is 0 Å². The highest BCUT2D eigenvalue weighted by Gasteiger charge is 2.61. The van der Waals surface area contributed by atoms with Crippen LogP contribution >= 0.6 is 0 Å². The third kappa shape index (κ3) is 8.33. The summed E-state index contributed by atoms with van der Waals surface area (Å²) in [5, 5.41) is 5.79. The van der Waals surface area contributed by atoms with E-state index in [-0.39, 0.29) is 54.1 Å². The summed E-state index contributed by atoms with van der Waals surface area (Å²) in [6, 6.07) is 23.7. The van der Waals surface area contributed by atoms with Crippen molar-refractivity contribution in [2.24, 2.45) is 29.6 Å². The Bertz CT molecular complexity index is 2620. The first kappa shape index (κ1) is 43.3. The fourth-order valence-electron chi connectivity index (χ4n) is 9.79. The van der Waals surface area contributed by atoms with Crippen LogP contribution < -0.4 is 10.6 Å². The number of piperidine rings is 1. The summed E-state index contributed by atoms with van der Waals surface area (Å²) in [5.41, 5.74) is 7.08. The third-order valence-corrected chi connectivity index (χ3v) is 13.8. The van der Waals surface area contributed by atoms with Gasteiger partial charge < -0.3 is 39.9 Å². The molecule has 0 radical (unpaired) electrons. The summed E-state index contributed by atoms with van der Waals surface area (Å²) in [7, 11) is 2.81. The summed E-state index contributed by atoms with van der Waals surface area (Å²) in [4.78, 5) is 74.0. The number of hydrogen-bond acceptors (Lipinski definition) is 8. The zero-order chi connectivity index (χ0) is 45.7. The number of ether oxygens (including phenoxy) is 2. The molecule has 14 nitrogen and oxygen atoms in total. The Kier molecular flexibility index (Phi) is 11.7. The quantitative estimate of drug-likeness (QED) is 0.0644. The molecule has 5 aromatic rings. The van der Waals surface area contributed by atoms with E-state index in [1.807, 2.05) is 67.4 Å². The van der Waals surface area contributed by atoms with Gasteiger partial charge in [-0.25, -0.2) is 14.8 Å². The van der Waals surface area contributed by atoms with Crippen LogP contribution in [0.3, 0.4) is 0 Å². The maximum Gasteiger partial charge on any atom is 0.407 e. The lowest BCUT2D eigenvalue weighted by molar-refractivity contribution is -0.139. The number of fused-ring (bicyclic) bond motifs is 1. The highest BCUT2D eigenvalue weighted by Crippen LogP contribution is 2.58. The Hall–Kier alpha value is -6.96. The standard InChI is InChI=1S/C51H56N8O6/c1-27(2)42(57-51(63)65-7)49(61)58-26-38(30(5)64-6)29(4)45(58)47-53-25-40(55-47)34-19-15-32(16-20-34)31-13-17-33(18-14-31)39-24-52-46(54-39)41-23-37-28(3)44(37)59(41)50(62)43(35-11-9-8-10-12-35)56-48(60)36-21-22-36/h8-20,24-25,27-28,36-38,41-45H,4-5,21-23,26H2,1-3,6-7H3,(H,52,54)(H,53,55)(H,56,60)(H,57,63)/t28-,37+,38-,41+,42+,43-,44-,45+/m1/s1. The zero-order valence-electron chi connectivity index (χ0n) is 37.4. The van der Waals surface area contributed by atoms with Gasteiger partial charge in [0.05, 0.1) is 55.7 Å². The Morgan fingerprint density at radius 1 is 0.785 bits per heavy atom. The number of aromatic amines is 2. The van der Waals surface area contributed by atoms with Crippen LogP contribution in [0.2, 0.25) is 0 Å². The molecule has 0 unspecified atom stereocenters. The highest BCUT2D eigenvalue weighted by atomic mass is 16.5. The van der Waals surface area contributed by atoms with E-state index in [2.05, 4.69) is 77.1 Å². The zero-order valence-corrected chi connectivity index (χ0v) is 37.4. The minimum absolute atomic E-state index is 0.0115. The number of nitrogens with one attached hydrogen (secondary N) is 4. The predicted molar refractivity (Wildman–Crippen MR) is 245 cm³/mol. The summed E-state index contributed by atoms with van der Waals surface area (Å²) in [6.45, 7) is 14.6. The molecular formula is C51H56N8O6. The number of imidazole rings is 2. The van der Waals surface area contributed by atoms with Gasteiger partial charge in [-0.05, 0) is 70.4 Å². The molecule has 3 aromatic carbocycles. The van der Waals surface area contributed by atoms with Gasteiger partial charge in [0, 0.05) is 18.5 Å². The number of amides is 4. The van der Waals surface area contributed by atoms with Gasteiger partial charge in [-0.1, -0.05) is 113 Å². The second kappa shape index (κ2) is 17.5. The lowest BCUT2D eigenvalue weighted by atomic mass is 9.97. The first-order chi connectivity index (χ1) is 31.4. The molecule has 8 atom stereocenters. The average Bonchev–Trinajstić information content (AvgIpc) is 3.92. The maximum absolute atomic E-state index is 14.5. The molecule has 0 spiro atoms. The smallest absolute Gasteiger partial charge is 0.407 e. The van der Waals surface area contributed by atoms with Crippen molar-refractivity contribution in [3.05, 3.63) is 133 Å². The molecule has 4 aliphatic rings. The molecular weight excluding hydrogens is 821 g/mol. The summed E-state index contributed by atoms with van der Waals surface area (Å²) < 4.78 is 10.3. The molecule has 4 N–H and O–H groups in total. The van der Waals surface area contributed by atoms with Gasteiger partial charge in [-0.15, -0.1) is 0 Å². The second-order valence-electron chi connectivity index (χ2n) is 18.2. The lowest BCUT2D eigenvalue weighted by Crippen LogP contribution is -2.51. The van der Waals surface area contributed by atoms with Crippen molar-refractivity contribution >= 4 is 23.8 Å². The second-order valence-corrected chi connectivity index (χ2v) is 18.2. The minimum atomic E-state index is -0.831. The van der Waals surface area contributed by atoms with Crippen molar-refractivity contribution in [2.75, 3.05) is 20.8 Å². The van der Waals surface area contributed by atoms with Crippen molar-refractivity contribution in [3.8, 4) is 33.6 Å². The number of carbonyl (C=O) groups excluding carboxylic acids is 4. The molecule has 336 valence electrons. The minimum Gasteiger partial charge on any atom is -0.501 e. The van der Waals surface area contributed by atoms with Crippen molar-refractivity contribution in [3.63, 3.8) is 0 Å². The summed E-state index contributed by atoms with van der Waals surface area (Å²) in [6.07, 6.45) is 5.45. The molecule has 2 aliphatic heterocycles. The number of alkyl carbamates (subject to hydrolysis) is 1. The number of benzene rings is 3. The Balaban J connectivity index is 0.895. The molecule has 2 aromatic heterocycles. The monoisotopic (exact) mass is 876 g/mol. The van der Waals surface area contributed by atoms with Gasteiger partial charge in [0.25, 0.3) is 5.91 Å². The average molecular weight is 877 g/mol. The first-order valence-electron chi connectivity index (χ1n) is 22.4. The van der Waals surface area contributed by atoms with Crippen molar-refractivity contribution in [1.29, 1.82) is 0 Å². The van der Waals surface area contributed by atoms with Crippen LogP contribution in [0, 0.1) is 29.6 Å². The van der Waals surface area contributed by atoms with E-state index in [1.54, 1.807) is 18.2 Å². The molecule has 14 heteroatoms. The molecule has 4 amide bonds. The van der Waals surface area contributed by atoms with E-state index >= 15 is 0 Å². The molecule has 4 heterocycles. The fraction of sp³-hybridized carbons (Fsp3) is 0.373. The van der Waals surface area contributed by atoms with E-state index in [4.69, 9.17) is 19.4 Å². The summed E-state index contributed by atoms with van der Waals surface area (Å²) in [5.74, 6) is 1.60. The molecule has 9 rings (SSSR count). The van der Waals surface area contributed by atoms with E-state index in [0.717, 1.165) is 64.3 Å². The van der Waals surface area contributed by atoms with Crippen LogP contribution in [-0.2, 0) is 23.9 Å². The van der Waals surface area contributed by atoms with Crippen LogP contribution in [0.5, 0.6) is 0 Å². The molecule has 0 bridgehead atoms. The molecule has 2 aliphatic carbocycles. The van der Waals surface area contributed by atoms with Gasteiger partial charge >= 0.3 is 6.09 Å². The topological polar surface area (TPSA) is 175 Å². The van der Waals surface area contributed by atoms with Gasteiger partial charge in [0.2, 0.25) is 11.8 Å². The number of nitrogens with zero attached hydrogens (tertiary/aromatic N) is 4. The maximum atomic E-state index is 14.5. The number of likely N-dealkylation sites (tertiary alicyclic amines) is 2. The first-order valence-corrected chi connectivity index (χ1v) is 22.4. The lowest BCUT2D eigenvalue weighted by Gasteiger charge is -2.31. The van der Waals surface area contributed by atoms with Crippen LogP contribution in [0.15, 0.2) is 116 Å².